The maximum absolute atomic E-state index is 13.8. The minimum absolute atomic E-state index is 0.195. The Bertz CT molecular complexity index is 1240. The molecule has 1 fully saturated rings. The molecule has 0 aliphatic carbocycles. The molecule has 1 aliphatic rings. The highest BCUT2D eigenvalue weighted by Crippen LogP contribution is 2.21. The number of aryl methyl sites for hydroxylation is 1. The third-order valence-electron chi connectivity index (χ3n) is 5.27. The van der Waals surface area contributed by atoms with Gasteiger partial charge in [-0.1, -0.05) is 12.1 Å². The maximum atomic E-state index is 13.8. The van der Waals surface area contributed by atoms with E-state index in [1.165, 1.54) is 24.3 Å². The van der Waals surface area contributed by atoms with E-state index in [-0.39, 0.29) is 16.1 Å². The van der Waals surface area contributed by atoms with Gasteiger partial charge in [-0.15, -0.1) is 0 Å². The molecule has 2 heterocycles. The third-order valence-corrected chi connectivity index (χ3v) is 6.65. The van der Waals surface area contributed by atoms with Crippen LogP contribution < -0.4 is 14.9 Å². The first kappa shape index (κ1) is 21.8. The van der Waals surface area contributed by atoms with Crippen LogP contribution in [0, 0.1) is 12.7 Å². The van der Waals surface area contributed by atoms with E-state index in [0.717, 1.165) is 37.8 Å². The summed E-state index contributed by atoms with van der Waals surface area (Å²) < 4.78 is 41.3. The summed E-state index contributed by atoms with van der Waals surface area (Å²) in [5.41, 5.74) is 1.36. The lowest BCUT2D eigenvalue weighted by Gasteiger charge is -2.16. The maximum Gasteiger partial charge on any atom is 0.261 e. The quantitative estimate of drug-likeness (QED) is 0.583. The second kappa shape index (κ2) is 8.96. The molecule has 7 nitrogen and oxygen atoms in total. The van der Waals surface area contributed by atoms with Gasteiger partial charge in [0.05, 0.1) is 16.8 Å². The molecule has 2 aromatic carbocycles. The fraction of sp³-hybridized carbons (Fsp3) is 0.217. The standard InChI is InChI=1S/C23H23FN4O3S/c1-16-7-9-20(14-21(16)24)32(30,31)27-18-6-4-5-17(13-18)23(29)26-19-8-10-22(25-15-19)28-11-2-3-12-28/h4-10,13-15,27H,2-3,11-12H2,1H3,(H,26,29). The molecular formula is C23H23FN4O3S. The molecule has 3 aromatic rings. The van der Waals surface area contributed by atoms with E-state index in [2.05, 4.69) is 19.9 Å². The number of rotatable bonds is 6. The smallest absolute Gasteiger partial charge is 0.261 e. The molecule has 0 radical (unpaired) electrons. The molecule has 1 saturated heterocycles. The molecule has 32 heavy (non-hydrogen) atoms. The second-order valence-electron chi connectivity index (χ2n) is 7.65. The summed E-state index contributed by atoms with van der Waals surface area (Å²) in [7, 11) is -4.00. The highest BCUT2D eigenvalue weighted by Gasteiger charge is 2.17. The van der Waals surface area contributed by atoms with Crippen molar-refractivity contribution in [2.45, 2.75) is 24.7 Å². The molecule has 166 valence electrons. The Balaban J connectivity index is 1.46. The number of hydrogen-bond acceptors (Lipinski definition) is 5. The van der Waals surface area contributed by atoms with Crippen LogP contribution in [0.4, 0.5) is 21.6 Å². The Morgan fingerprint density at radius 3 is 2.50 bits per heavy atom. The first-order chi connectivity index (χ1) is 15.3. The third kappa shape index (κ3) is 4.88. The first-order valence-electron chi connectivity index (χ1n) is 10.2. The summed E-state index contributed by atoms with van der Waals surface area (Å²) in [5, 5.41) is 2.76. The van der Waals surface area contributed by atoms with Crippen molar-refractivity contribution in [3.63, 3.8) is 0 Å². The Labute approximate surface area is 186 Å². The van der Waals surface area contributed by atoms with E-state index in [1.54, 1.807) is 31.3 Å². The van der Waals surface area contributed by atoms with E-state index in [0.29, 0.717) is 11.3 Å². The van der Waals surface area contributed by atoms with Crippen molar-refractivity contribution < 1.29 is 17.6 Å². The van der Waals surface area contributed by atoms with Gasteiger partial charge in [0.15, 0.2) is 0 Å². The fourth-order valence-electron chi connectivity index (χ4n) is 3.48. The number of anilines is 3. The molecule has 2 N–H and O–H groups in total. The molecule has 0 saturated carbocycles. The number of carbonyl (C=O) groups is 1. The number of halogens is 1. The van der Waals surface area contributed by atoms with Crippen LogP contribution in [0.2, 0.25) is 0 Å². The van der Waals surface area contributed by atoms with Crippen LogP contribution in [0.1, 0.15) is 28.8 Å². The average molecular weight is 455 g/mol. The lowest BCUT2D eigenvalue weighted by Crippen LogP contribution is -2.19. The van der Waals surface area contributed by atoms with Crippen molar-refractivity contribution in [3.8, 4) is 0 Å². The zero-order valence-electron chi connectivity index (χ0n) is 17.5. The molecule has 4 rings (SSSR count). The largest absolute Gasteiger partial charge is 0.357 e. The summed E-state index contributed by atoms with van der Waals surface area (Å²) >= 11 is 0. The van der Waals surface area contributed by atoms with Crippen LogP contribution in [0.3, 0.4) is 0 Å². The lowest BCUT2D eigenvalue weighted by atomic mass is 10.2. The predicted octanol–water partition coefficient (Wildman–Crippen LogP) is 4.18. The van der Waals surface area contributed by atoms with Gasteiger partial charge in [-0.3, -0.25) is 9.52 Å². The summed E-state index contributed by atoms with van der Waals surface area (Å²) in [4.78, 5) is 19.1. The molecule has 1 amide bonds. The number of nitrogens with one attached hydrogen (secondary N) is 2. The predicted molar refractivity (Wildman–Crippen MR) is 122 cm³/mol. The Hall–Kier alpha value is -3.46. The molecule has 1 aliphatic heterocycles. The molecule has 1 aromatic heterocycles. The first-order valence-corrected chi connectivity index (χ1v) is 11.7. The van der Waals surface area contributed by atoms with Crippen molar-refractivity contribution >= 4 is 33.1 Å². The van der Waals surface area contributed by atoms with Crippen LogP contribution in [-0.4, -0.2) is 32.4 Å². The Kier molecular flexibility index (Phi) is 6.09. The summed E-state index contributed by atoms with van der Waals surface area (Å²) in [5.74, 6) is -0.127. The second-order valence-corrected chi connectivity index (χ2v) is 9.33. The number of nitrogens with zero attached hydrogens (tertiary/aromatic N) is 2. The van der Waals surface area contributed by atoms with E-state index in [1.807, 2.05) is 6.07 Å². The van der Waals surface area contributed by atoms with Gasteiger partial charge >= 0.3 is 0 Å². The van der Waals surface area contributed by atoms with Crippen LogP contribution in [0.15, 0.2) is 65.7 Å². The highest BCUT2D eigenvalue weighted by molar-refractivity contribution is 7.92. The van der Waals surface area contributed by atoms with Gasteiger partial charge in [0.25, 0.3) is 15.9 Å². The molecule has 0 bridgehead atoms. The van der Waals surface area contributed by atoms with Gasteiger partial charge in [0, 0.05) is 24.3 Å². The van der Waals surface area contributed by atoms with E-state index < -0.39 is 21.7 Å². The van der Waals surface area contributed by atoms with E-state index in [4.69, 9.17) is 0 Å². The number of sulfonamides is 1. The lowest BCUT2D eigenvalue weighted by molar-refractivity contribution is 0.102. The Morgan fingerprint density at radius 1 is 1.03 bits per heavy atom. The molecule has 9 heteroatoms. The minimum atomic E-state index is -4.00. The van der Waals surface area contributed by atoms with Gasteiger partial charge < -0.3 is 10.2 Å². The normalized spacial score (nSPS) is 13.8. The number of aromatic nitrogens is 1. The molecule has 0 unspecified atom stereocenters. The summed E-state index contributed by atoms with van der Waals surface area (Å²) in [6.45, 7) is 3.52. The summed E-state index contributed by atoms with van der Waals surface area (Å²) in [6.07, 6.45) is 3.91. The zero-order valence-corrected chi connectivity index (χ0v) is 18.3. The van der Waals surface area contributed by atoms with Gasteiger partial charge in [-0.25, -0.2) is 17.8 Å². The Morgan fingerprint density at radius 2 is 1.81 bits per heavy atom. The number of hydrogen-bond donors (Lipinski definition) is 2. The van der Waals surface area contributed by atoms with Crippen LogP contribution in [-0.2, 0) is 10.0 Å². The minimum Gasteiger partial charge on any atom is -0.357 e. The van der Waals surface area contributed by atoms with Crippen molar-refractivity contribution in [2.24, 2.45) is 0 Å². The van der Waals surface area contributed by atoms with Crippen molar-refractivity contribution in [1.29, 1.82) is 0 Å². The fourth-order valence-corrected chi connectivity index (χ4v) is 4.54. The zero-order chi connectivity index (χ0) is 22.7. The van der Waals surface area contributed by atoms with E-state index in [9.17, 15) is 17.6 Å². The molecule has 0 spiro atoms. The van der Waals surface area contributed by atoms with Crippen molar-refractivity contribution in [2.75, 3.05) is 28.0 Å². The van der Waals surface area contributed by atoms with Gasteiger partial charge in [0.1, 0.15) is 11.6 Å². The number of amides is 1. The van der Waals surface area contributed by atoms with Crippen molar-refractivity contribution in [1.82, 2.24) is 4.98 Å². The number of carbonyl (C=O) groups excluding carboxylic acids is 1. The van der Waals surface area contributed by atoms with Gasteiger partial charge in [-0.05, 0) is 67.8 Å². The van der Waals surface area contributed by atoms with Crippen LogP contribution >= 0.6 is 0 Å². The SMILES string of the molecule is Cc1ccc(S(=O)(=O)Nc2cccc(C(=O)Nc3ccc(N4CCCC4)nc3)c2)cc1F. The average Bonchev–Trinajstić information content (AvgIpc) is 3.31. The topological polar surface area (TPSA) is 91.4 Å². The number of pyridine rings is 1. The van der Waals surface area contributed by atoms with Gasteiger partial charge in [-0.2, -0.15) is 0 Å². The summed E-state index contributed by atoms with van der Waals surface area (Å²) in [6, 6.07) is 13.4. The number of benzene rings is 2. The van der Waals surface area contributed by atoms with Crippen LogP contribution in [0.25, 0.3) is 0 Å². The molecular weight excluding hydrogens is 431 g/mol. The van der Waals surface area contributed by atoms with Gasteiger partial charge in [0.2, 0.25) is 0 Å². The van der Waals surface area contributed by atoms with Crippen molar-refractivity contribution in [3.05, 3.63) is 77.7 Å². The highest BCUT2D eigenvalue weighted by atomic mass is 32.2. The molecule has 0 atom stereocenters. The monoisotopic (exact) mass is 454 g/mol. The van der Waals surface area contributed by atoms with Crippen LogP contribution in [0.5, 0.6) is 0 Å². The van der Waals surface area contributed by atoms with E-state index >= 15 is 0 Å².